The molecule has 1 unspecified atom stereocenters. The minimum absolute atomic E-state index is 0.0380. The summed E-state index contributed by atoms with van der Waals surface area (Å²) in [5, 5.41) is 2.71. The molecule has 6 heteroatoms. The lowest BCUT2D eigenvalue weighted by Crippen LogP contribution is -2.35. The van der Waals surface area contributed by atoms with Gasteiger partial charge in [0.15, 0.2) is 0 Å². The van der Waals surface area contributed by atoms with Gasteiger partial charge in [0.2, 0.25) is 11.8 Å². The number of carbonyl (C=O) groups is 1. The Labute approximate surface area is 101 Å². The Balaban J connectivity index is 2.24. The highest BCUT2D eigenvalue weighted by molar-refractivity contribution is 5.76. The van der Waals surface area contributed by atoms with Crippen molar-refractivity contribution in [3.8, 4) is 5.88 Å². The lowest BCUT2D eigenvalue weighted by molar-refractivity contribution is -0.121. The van der Waals surface area contributed by atoms with E-state index in [-0.39, 0.29) is 18.4 Å². The van der Waals surface area contributed by atoms with Gasteiger partial charge in [-0.3, -0.25) is 4.79 Å². The molecule has 0 spiro atoms. The van der Waals surface area contributed by atoms with Crippen LogP contribution in [0.4, 0.5) is 0 Å². The quantitative estimate of drug-likeness (QED) is 0.729. The molecular weight excluding hydrogens is 220 g/mol. The first kappa shape index (κ1) is 13.4. The number of nitrogens with two attached hydrogens (primary N) is 1. The molecule has 6 nitrogen and oxygen atoms in total. The van der Waals surface area contributed by atoms with Crippen LogP contribution in [-0.4, -0.2) is 35.1 Å². The Bertz CT molecular complexity index is 368. The Kier molecular flexibility index (Phi) is 5.35. The highest BCUT2D eigenvalue weighted by Gasteiger charge is 2.04. The van der Waals surface area contributed by atoms with E-state index in [4.69, 9.17) is 10.5 Å². The lowest BCUT2D eigenvalue weighted by Gasteiger charge is -2.09. The molecule has 94 valence electrons. The molecule has 1 amide bonds. The van der Waals surface area contributed by atoms with Crippen molar-refractivity contribution >= 4 is 5.91 Å². The summed E-state index contributed by atoms with van der Waals surface area (Å²) in [6.45, 7) is 4.46. The zero-order valence-corrected chi connectivity index (χ0v) is 10.1. The summed E-state index contributed by atoms with van der Waals surface area (Å²) in [5.41, 5.74) is 6.37. The minimum atomic E-state index is -0.0750. The van der Waals surface area contributed by atoms with Crippen LogP contribution in [0.1, 0.15) is 18.9 Å². The van der Waals surface area contributed by atoms with Crippen molar-refractivity contribution in [2.75, 3.05) is 13.2 Å². The Morgan fingerprint density at radius 1 is 1.65 bits per heavy atom. The molecule has 1 atom stereocenters. The van der Waals surface area contributed by atoms with Crippen LogP contribution in [0.15, 0.2) is 12.5 Å². The first-order valence-electron chi connectivity index (χ1n) is 5.51. The monoisotopic (exact) mass is 238 g/mol. The second-order valence-electron chi connectivity index (χ2n) is 3.89. The van der Waals surface area contributed by atoms with E-state index < -0.39 is 0 Å². The number of rotatable bonds is 6. The van der Waals surface area contributed by atoms with Crippen LogP contribution in [0, 0.1) is 6.92 Å². The fourth-order valence-electron chi connectivity index (χ4n) is 1.14. The molecule has 0 aliphatic rings. The normalized spacial score (nSPS) is 11.9. The van der Waals surface area contributed by atoms with Gasteiger partial charge in [-0.1, -0.05) is 0 Å². The molecule has 1 heterocycles. The number of aromatic nitrogens is 2. The van der Waals surface area contributed by atoms with Crippen molar-refractivity contribution < 1.29 is 9.53 Å². The number of hydrogen-bond acceptors (Lipinski definition) is 5. The minimum Gasteiger partial charge on any atom is -0.477 e. The molecule has 0 aromatic carbocycles. The maximum Gasteiger partial charge on any atom is 0.223 e. The summed E-state index contributed by atoms with van der Waals surface area (Å²) in [6.07, 6.45) is 3.37. The van der Waals surface area contributed by atoms with Gasteiger partial charge < -0.3 is 15.8 Å². The van der Waals surface area contributed by atoms with Crippen molar-refractivity contribution in [2.45, 2.75) is 26.3 Å². The zero-order chi connectivity index (χ0) is 12.7. The summed E-state index contributed by atoms with van der Waals surface area (Å²) in [5.74, 6) is 0.439. The molecule has 1 aromatic rings. The number of nitrogens with one attached hydrogen (secondary N) is 1. The van der Waals surface area contributed by atoms with Crippen LogP contribution in [0.3, 0.4) is 0 Å². The predicted molar refractivity (Wildman–Crippen MR) is 63.5 cm³/mol. The first-order valence-corrected chi connectivity index (χ1v) is 5.51. The number of hydrogen-bond donors (Lipinski definition) is 2. The second kappa shape index (κ2) is 6.80. The fourth-order valence-corrected chi connectivity index (χ4v) is 1.14. The third-order valence-electron chi connectivity index (χ3n) is 2.04. The molecule has 17 heavy (non-hydrogen) atoms. The maximum absolute atomic E-state index is 11.3. The van der Waals surface area contributed by atoms with E-state index in [2.05, 4.69) is 15.3 Å². The van der Waals surface area contributed by atoms with Crippen LogP contribution in [-0.2, 0) is 4.79 Å². The summed E-state index contributed by atoms with van der Waals surface area (Å²) in [7, 11) is 0. The number of ether oxygens (including phenoxy) is 1. The van der Waals surface area contributed by atoms with Crippen molar-refractivity contribution in [3.05, 3.63) is 18.1 Å². The van der Waals surface area contributed by atoms with Gasteiger partial charge in [0.1, 0.15) is 6.33 Å². The van der Waals surface area contributed by atoms with Gasteiger partial charge >= 0.3 is 0 Å². The van der Waals surface area contributed by atoms with Gasteiger partial charge in [0.05, 0.1) is 13.0 Å². The Morgan fingerprint density at radius 3 is 3.06 bits per heavy atom. The molecule has 0 aliphatic heterocycles. The molecule has 0 radical (unpaired) electrons. The molecule has 1 rings (SSSR count). The van der Waals surface area contributed by atoms with Gasteiger partial charge in [-0.2, -0.15) is 0 Å². The van der Waals surface area contributed by atoms with Crippen LogP contribution < -0.4 is 15.8 Å². The second-order valence-corrected chi connectivity index (χ2v) is 3.89. The van der Waals surface area contributed by atoms with Crippen LogP contribution in [0.2, 0.25) is 0 Å². The average molecular weight is 238 g/mol. The van der Waals surface area contributed by atoms with Gasteiger partial charge in [-0.15, -0.1) is 0 Å². The summed E-state index contributed by atoms with van der Waals surface area (Å²) >= 11 is 0. The van der Waals surface area contributed by atoms with E-state index in [1.807, 2.05) is 13.8 Å². The smallest absolute Gasteiger partial charge is 0.223 e. The highest BCUT2D eigenvalue weighted by atomic mass is 16.5. The van der Waals surface area contributed by atoms with Gasteiger partial charge in [-0.25, -0.2) is 9.97 Å². The maximum atomic E-state index is 11.3. The molecule has 0 saturated heterocycles. The molecular formula is C11H18N4O2. The molecule has 0 fully saturated rings. The van der Waals surface area contributed by atoms with Crippen LogP contribution in [0.25, 0.3) is 0 Å². The zero-order valence-electron chi connectivity index (χ0n) is 10.1. The van der Waals surface area contributed by atoms with E-state index >= 15 is 0 Å². The number of carbonyl (C=O) groups excluding carboxylic acids is 1. The molecule has 1 aromatic heterocycles. The molecule has 0 aliphatic carbocycles. The van der Waals surface area contributed by atoms with Gasteiger partial charge in [-0.05, 0) is 13.8 Å². The molecule has 3 N–H and O–H groups in total. The topological polar surface area (TPSA) is 90.1 Å². The van der Waals surface area contributed by atoms with Crippen molar-refractivity contribution in [1.82, 2.24) is 15.3 Å². The number of amides is 1. The van der Waals surface area contributed by atoms with Crippen molar-refractivity contribution in [1.29, 1.82) is 0 Å². The third kappa shape index (κ3) is 5.26. The van der Waals surface area contributed by atoms with E-state index in [0.717, 1.165) is 5.56 Å². The van der Waals surface area contributed by atoms with Crippen molar-refractivity contribution in [3.63, 3.8) is 0 Å². The Morgan fingerprint density at radius 2 is 2.41 bits per heavy atom. The summed E-state index contributed by atoms with van der Waals surface area (Å²) in [6, 6.07) is -0.0380. The summed E-state index contributed by atoms with van der Waals surface area (Å²) < 4.78 is 5.37. The molecule has 0 saturated carbocycles. The van der Waals surface area contributed by atoms with E-state index in [0.29, 0.717) is 19.0 Å². The molecule has 0 bridgehead atoms. The number of nitrogens with zero attached hydrogens (tertiary/aromatic N) is 2. The van der Waals surface area contributed by atoms with E-state index in [1.165, 1.54) is 6.33 Å². The van der Waals surface area contributed by atoms with Gasteiger partial charge in [0.25, 0.3) is 0 Å². The lowest BCUT2D eigenvalue weighted by atomic mass is 10.3. The SMILES string of the molecule is Cc1cncnc1OCCC(=O)NCC(C)N. The van der Waals surface area contributed by atoms with E-state index in [1.54, 1.807) is 6.20 Å². The average Bonchev–Trinajstić information content (AvgIpc) is 2.29. The van der Waals surface area contributed by atoms with Crippen molar-refractivity contribution in [2.24, 2.45) is 5.73 Å². The third-order valence-corrected chi connectivity index (χ3v) is 2.04. The van der Waals surface area contributed by atoms with Gasteiger partial charge in [0, 0.05) is 24.3 Å². The predicted octanol–water partition coefficient (Wildman–Crippen LogP) is 0.0173. The summed E-state index contributed by atoms with van der Waals surface area (Å²) in [4.78, 5) is 19.2. The Hall–Kier alpha value is -1.69. The standard InChI is InChI=1S/C11H18N4O2/c1-8-5-13-7-15-11(8)17-4-3-10(16)14-6-9(2)12/h5,7,9H,3-4,6,12H2,1-2H3,(H,14,16). The van der Waals surface area contributed by atoms with Crippen LogP contribution >= 0.6 is 0 Å². The van der Waals surface area contributed by atoms with E-state index in [9.17, 15) is 4.79 Å². The largest absolute Gasteiger partial charge is 0.477 e. The highest BCUT2D eigenvalue weighted by Crippen LogP contribution is 2.10. The fraction of sp³-hybridized carbons (Fsp3) is 0.545. The first-order chi connectivity index (χ1) is 8.09. The van der Waals surface area contributed by atoms with Crippen LogP contribution in [0.5, 0.6) is 5.88 Å². The number of aryl methyl sites for hydroxylation is 1.